The third-order valence-corrected chi connectivity index (χ3v) is 4.16. The number of rotatable bonds is 4. The summed E-state index contributed by atoms with van der Waals surface area (Å²) in [6.07, 6.45) is 3.13. The van der Waals surface area contributed by atoms with Crippen molar-refractivity contribution in [3.63, 3.8) is 0 Å². The summed E-state index contributed by atoms with van der Waals surface area (Å²) >= 11 is 0. The van der Waals surface area contributed by atoms with Crippen molar-refractivity contribution in [3.05, 3.63) is 64.5 Å². The lowest BCUT2D eigenvalue weighted by atomic mass is 10.2. The number of esters is 1. The van der Waals surface area contributed by atoms with Gasteiger partial charge in [0.1, 0.15) is 12.4 Å². The normalized spacial score (nSPS) is 11.4. The van der Waals surface area contributed by atoms with Crippen molar-refractivity contribution in [2.24, 2.45) is 0 Å². The number of carbonyl (C=O) groups is 1. The molecule has 0 aliphatic carbocycles. The molecule has 0 bridgehead atoms. The molecule has 0 aliphatic rings. The number of ether oxygens (including phenoxy) is 1. The summed E-state index contributed by atoms with van der Waals surface area (Å²) in [6.45, 7) is 3.88. The van der Waals surface area contributed by atoms with Crippen molar-refractivity contribution in [2.75, 3.05) is 0 Å². The van der Waals surface area contributed by atoms with Gasteiger partial charge in [0.2, 0.25) is 0 Å². The van der Waals surface area contributed by atoms with Crippen LogP contribution in [0.1, 0.15) is 36.1 Å². The van der Waals surface area contributed by atoms with Crippen LogP contribution in [-0.4, -0.2) is 30.7 Å². The van der Waals surface area contributed by atoms with Crippen molar-refractivity contribution in [1.29, 1.82) is 0 Å². The van der Waals surface area contributed by atoms with Crippen LogP contribution in [0.25, 0.3) is 21.9 Å². The van der Waals surface area contributed by atoms with Crippen LogP contribution in [0.3, 0.4) is 0 Å². The largest absolute Gasteiger partial charge is 0.454 e. The van der Waals surface area contributed by atoms with Gasteiger partial charge < -0.3 is 9.72 Å². The minimum absolute atomic E-state index is 0.137. The first-order chi connectivity index (χ1) is 13.0. The van der Waals surface area contributed by atoms with E-state index in [1.807, 2.05) is 13.8 Å². The van der Waals surface area contributed by atoms with Gasteiger partial charge in [0.25, 0.3) is 5.56 Å². The van der Waals surface area contributed by atoms with Gasteiger partial charge in [-0.25, -0.2) is 19.4 Å². The number of nitrogens with zero attached hydrogens (tertiary/aromatic N) is 4. The van der Waals surface area contributed by atoms with Gasteiger partial charge in [-0.05, 0) is 32.0 Å². The van der Waals surface area contributed by atoms with E-state index in [2.05, 4.69) is 20.1 Å². The first-order valence-electron chi connectivity index (χ1n) is 8.51. The number of para-hydroxylation sites is 1. The average molecular weight is 363 g/mol. The summed E-state index contributed by atoms with van der Waals surface area (Å²) in [4.78, 5) is 35.7. The van der Waals surface area contributed by atoms with Gasteiger partial charge in [0.05, 0.1) is 22.7 Å². The smallest absolute Gasteiger partial charge is 0.340 e. The first-order valence-corrected chi connectivity index (χ1v) is 8.51. The zero-order chi connectivity index (χ0) is 19.0. The molecule has 3 aromatic heterocycles. The standard InChI is InChI=1S/C19H17N5O3/c1-11(2)24-17-12(9-21-24)7-13(8-20-17)19(26)27-10-16-22-15-6-4-3-5-14(15)18(25)23-16/h3-9,11H,10H2,1-2H3,(H,22,23,25). The third kappa shape index (κ3) is 3.17. The van der Waals surface area contributed by atoms with Crippen LogP contribution in [0.4, 0.5) is 0 Å². The molecule has 8 heteroatoms. The van der Waals surface area contributed by atoms with Crippen molar-refractivity contribution in [2.45, 2.75) is 26.5 Å². The van der Waals surface area contributed by atoms with Crippen LogP contribution >= 0.6 is 0 Å². The predicted molar refractivity (Wildman–Crippen MR) is 99.4 cm³/mol. The SMILES string of the molecule is CC(C)n1ncc2cc(C(=O)OCc3nc4ccccc4c(=O)[nH]3)cnc21. The number of aromatic nitrogens is 5. The highest BCUT2D eigenvalue weighted by molar-refractivity contribution is 5.93. The number of aromatic amines is 1. The van der Waals surface area contributed by atoms with E-state index in [1.165, 1.54) is 6.20 Å². The van der Waals surface area contributed by atoms with Gasteiger partial charge in [-0.1, -0.05) is 12.1 Å². The van der Waals surface area contributed by atoms with Gasteiger partial charge in [-0.3, -0.25) is 4.79 Å². The summed E-state index contributed by atoms with van der Waals surface area (Å²) in [7, 11) is 0. The monoisotopic (exact) mass is 363 g/mol. The second-order valence-corrected chi connectivity index (χ2v) is 6.43. The highest BCUT2D eigenvalue weighted by atomic mass is 16.5. The number of hydrogen-bond acceptors (Lipinski definition) is 6. The van der Waals surface area contributed by atoms with Crippen molar-refractivity contribution >= 4 is 27.9 Å². The lowest BCUT2D eigenvalue weighted by Crippen LogP contribution is -2.14. The third-order valence-electron chi connectivity index (χ3n) is 4.16. The summed E-state index contributed by atoms with van der Waals surface area (Å²) in [6, 6.07) is 8.85. The van der Waals surface area contributed by atoms with Gasteiger partial charge in [0, 0.05) is 17.6 Å². The highest BCUT2D eigenvalue weighted by Crippen LogP contribution is 2.17. The minimum Gasteiger partial charge on any atom is -0.454 e. The van der Waals surface area contributed by atoms with E-state index in [1.54, 1.807) is 41.2 Å². The zero-order valence-corrected chi connectivity index (χ0v) is 14.8. The molecule has 0 amide bonds. The molecule has 0 saturated carbocycles. The molecular formula is C19H17N5O3. The highest BCUT2D eigenvalue weighted by Gasteiger charge is 2.13. The van der Waals surface area contributed by atoms with E-state index < -0.39 is 5.97 Å². The van der Waals surface area contributed by atoms with E-state index in [4.69, 9.17) is 4.74 Å². The fraction of sp³-hybridized carbons (Fsp3) is 0.211. The Hall–Kier alpha value is -3.55. The molecular weight excluding hydrogens is 346 g/mol. The van der Waals surface area contributed by atoms with Crippen LogP contribution in [0, 0.1) is 0 Å². The molecule has 1 N–H and O–H groups in total. The molecule has 0 saturated heterocycles. The maximum absolute atomic E-state index is 12.3. The zero-order valence-electron chi connectivity index (χ0n) is 14.8. The number of nitrogens with one attached hydrogen (secondary N) is 1. The molecule has 0 unspecified atom stereocenters. The topological polar surface area (TPSA) is 103 Å². The van der Waals surface area contributed by atoms with Crippen molar-refractivity contribution in [1.82, 2.24) is 24.7 Å². The molecule has 3 heterocycles. The predicted octanol–water partition coefficient (Wildman–Crippen LogP) is 2.61. The Morgan fingerprint density at radius 3 is 2.89 bits per heavy atom. The Kier molecular flexibility index (Phi) is 4.15. The quantitative estimate of drug-likeness (QED) is 0.559. The van der Waals surface area contributed by atoms with E-state index >= 15 is 0 Å². The van der Waals surface area contributed by atoms with Gasteiger partial charge in [0.15, 0.2) is 5.65 Å². The number of carbonyl (C=O) groups excluding carboxylic acids is 1. The number of fused-ring (bicyclic) bond motifs is 2. The Balaban J connectivity index is 1.54. The van der Waals surface area contributed by atoms with E-state index in [0.29, 0.717) is 22.1 Å². The molecule has 136 valence electrons. The van der Waals surface area contributed by atoms with E-state index in [0.717, 1.165) is 5.39 Å². The molecule has 0 aliphatic heterocycles. The maximum atomic E-state index is 12.3. The van der Waals surface area contributed by atoms with E-state index in [-0.39, 0.29) is 24.0 Å². The average Bonchev–Trinajstić information content (AvgIpc) is 3.09. The molecule has 0 spiro atoms. The second-order valence-electron chi connectivity index (χ2n) is 6.43. The molecule has 27 heavy (non-hydrogen) atoms. The summed E-state index contributed by atoms with van der Waals surface area (Å²) < 4.78 is 7.07. The summed E-state index contributed by atoms with van der Waals surface area (Å²) in [5, 5.41) is 5.53. The van der Waals surface area contributed by atoms with Crippen LogP contribution < -0.4 is 5.56 Å². The van der Waals surface area contributed by atoms with E-state index in [9.17, 15) is 9.59 Å². The van der Waals surface area contributed by atoms with Gasteiger partial charge in [-0.15, -0.1) is 0 Å². The Morgan fingerprint density at radius 2 is 2.07 bits per heavy atom. The second kappa shape index (κ2) is 6.64. The summed E-state index contributed by atoms with van der Waals surface area (Å²) in [5.41, 5.74) is 1.31. The number of benzene rings is 1. The lowest BCUT2D eigenvalue weighted by Gasteiger charge is -2.07. The first kappa shape index (κ1) is 16.9. The van der Waals surface area contributed by atoms with Crippen molar-refractivity contribution in [3.8, 4) is 0 Å². The molecule has 0 atom stereocenters. The van der Waals surface area contributed by atoms with Crippen LogP contribution in [0.2, 0.25) is 0 Å². The fourth-order valence-corrected chi connectivity index (χ4v) is 2.85. The summed E-state index contributed by atoms with van der Waals surface area (Å²) in [5.74, 6) is -0.258. The Morgan fingerprint density at radius 1 is 1.26 bits per heavy atom. The van der Waals surface area contributed by atoms with Crippen molar-refractivity contribution < 1.29 is 9.53 Å². The lowest BCUT2D eigenvalue weighted by molar-refractivity contribution is 0.0462. The fourth-order valence-electron chi connectivity index (χ4n) is 2.85. The van der Waals surface area contributed by atoms with Gasteiger partial charge >= 0.3 is 5.97 Å². The van der Waals surface area contributed by atoms with Crippen LogP contribution in [-0.2, 0) is 11.3 Å². The molecule has 1 aromatic carbocycles. The number of H-pyrrole nitrogens is 1. The Bertz CT molecular complexity index is 1210. The van der Waals surface area contributed by atoms with Gasteiger partial charge in [-0.2, -0.15) is 5.10 Å². The molecule has 4 aromatic rings. The number of hydrogen-bond donors (Lipinski definition) is 1. The molecule has 0 fully saturated rings. The molecule has 0 radical (unpaired) electrons. The minimum atomic E-state index is -0.544. The Labute approximate surface area is 153 Å². The molecule has 8 nitrogen and oxygen atoms in total. The number of pyridine rings is 1. The van der Waals surface area contributed by atoms with Crippen LogP contribution in [0.15, 0.2) is 47.5 Å². The van der Waals surface area contributed by atoms with Crippen LogP contribution in [0.5, 0.6) is 0 Å². The molecule has 4 rings (SSSR count). The maximum Gasteiger partial charge on any atom is 0.340 e.